The fraction of sp³-hybridized carbons (Fsp3) is 0.700. The second-order valence-electron chi connectivity index (χ2n) is 8.37. The number of nitrogens with one attached hydrogen (secondary N) is 2. The molecular formula is C20H34N2O2. The van der Waals surface area contributed by atoms with Gasteiger partial charge < -0.3 is 20.5 Å². The van der Waals surface area contributed by atoms with Crippen molar-refractivity contribution >= 4 is 0 Å². The van der Waals surface area contributed by atoms with E-state index < -0.39 is 6.10 Å². The zero-order valence-electron chi connectivity index (χ0n) is 15.9. The number of aliphatic hydroxyl groups is 1. The first-order valence-electron chi connectivity index (χ1n) is 9.12. The standard InChI is InChI=1S/C20H34N2O2/c1-6-15-7-9-18(10-8-15)24-14-17(23)13-21-16-11-19(2,3)22-20(4,5)12-16/h7-10,16-17,21-23H,6,11-14H2,1-5H3. The molecule has 0 saturated carbocycles. The van der Waals surface area contributed by atoms with Crippen molar-refractivity contribution in [3.63, 3.8) is 0 Å². The Balaban J connectivity index is 1.75. The summed E-state index contributed by atoms with van der Waals surface area (Å²) in [5.41, 5.74) is 1.52. The number of aliphatic hydroxyl groups excluding tert-OH is 1. The van der Waals surface area contributed by atoms with E-state index in [9.17, 15) is 5.11 Å². The quantitative estimate of drug-likeness (QED) is 0.718. The van der Waals surface area contributed by atoms with Crippen LogP contribution in [0.25, 0.3) is 0 Å². The molecule has 1 fully saturated rings. The number of ether oxygens (including phenoxy) is 1. The molecule has 0 aliphatic carbocycles. The Labute approximate surface area is 147 Å². The Morgan fingerprint density at radius 3 is 2.29 bits per heavy atom. The first-order chi connectivity index (χ1) is 11.2. The number of benzene rings is 1. The van der Waals surface area contributed by atoms with Crippen LogP contribution in [0.5, 0.6) is 5.75 Å². The second kappa shape index (κ2) is 7.85. The lowest BCUT2D eigenvalue weighted by Crippen LogP contribution is -2.62. The molecule has 3 N–H and O–H groups in total. The highest BCUT2D eigenvalue weighted by atomic mass is 16.5. The van der Waals surface area contributed by atoms with Gasteiger partial charge >= 0.3 is 0 Å². The molecule has 1 aromatic carbocycles. The predicted octanol–water partition coefficient (Wildman–Crippen LogP) is 2.89. The van der Waals surface area contributed by atoms with E-state index in [1.807, 2.05) is 12.1 Å². The van der Waals surface area contributed by atoms with Crippen molar-refractivity contribution < 1.29 is 9.84 Å². The zero-order valence-corrected chi connectivity index (χ0v) is 15.9. The van der Waals surface area contributed by atoms with Crippen LogP contribution in [-0.2, 0) is 6.42 Å². The molecule has 0 aromatic heterocycles. The smallest absolute Gasteiger partial charge is 0.119 e. The van der Waals surface area contributed by atoms with Crippen LogP contribution in [0, 0.1) is 0 Å². The molecule has 0 amide bonds. The molecule has 24 heavy (non-hydrogen) atoms. The van der Waals surface area contributed by atoms with E-state index in [4.69, 9.17) is 4.74 Å². The Hall–Kier alpha value is -1.10. The molecule has 4 heteroatoms. The third kappa shape index (κ3) is 6.08. The van der Waals surface area contributed by atoms with Gasteiger partial charge in [0.05, 0.1) is 0 Å². The summed E-state index contributed by atoms with van der Waals surface area (Å²) in [5.74, 6) is 0.815. The van der Waals surface area contributed by atoms with Crippen LogP contribution in [0.15, 0.2) is 24.3 Å². The van der Waals surface area contributed by atoms with E-state index >= 15 is 0 Å². The number of rotatable bonds is 7. The van der Waals surface area contributed by atoms with Crippen molar-refractivity contribution in [2.75, 3.05) is 13.2 Å². The SMILES string of the molecule is CCc1ccc(OCC(O)CNC2CC(C)(C)NC(C)(C)C2)cc1. The van der Waals surface area contributed by atoms with E-state index in [1.54, 1.807) is 0 Å². The molecule has 0 spiro atoms. The van der Waals surface area contributed by atoms with Crippen LogP contribution in [0.4, 0.5) is 0 Å². The maximum atomic E-state index is 10.2. The van der Waals surface area contributed by atoms with Gasteiger partial charge in [0.15, 0.2) is 0 Å². The summed E-state index contributed by atoms with van der Waals surface area (Å²) in [6, 6.07) is 8.49. The van der Waals surface area contributed by atoms with E-state index in [1.165, 1.54) is 5.56 Å². The highest BCUT2D eigenvalue weighted by Gasteiger charge is 2.37. The summed E-state index contributed by atoms with van der Waals surface area (Å²) in [5, 5.41) is 17.4. The Morgan fingerprint density at radius 2 is 1.75 bits per heavy atom. The van der Waals surface area contributed by atoms with Gasteiger partial charge in [-0.15, -0.1) is 0 Å². The first-order valence-corrected chi connectivity index (χ1v) is 9.12. The van der Waals surface area contributed by atoms with Crippen molar-refractivity contribution in [1.29, 1.82) is 0 Å². The van der Waals surface area contributed by atoms with Gasteiger partial charge in [-0.2, -0.15) is 0 Å². The Morgan fingerprint density at radius 1 is 1.17 bits per heavy atom. The molecule has 0 bridgehead atoms. The Kier molecular flexibility index (Phi) is 6.29. The summed E-state index contributed by atoms with van der Waals surface area (Å²) >= 11 is 0. The van der Waals surface area contributed by atoms with Crippen LogP contribution in [0.1, 0.15) is 53.0 Å². The number of hydrogen-bond donors (Lipinski definition) is 3. The molecule has 1 aliphatic heterocycles. The molecule has 1 atom stereocenters. The monoisotopic (exact) mass is 334 g/mol. The third-order valence-corrected chi connectivity index (χ3v) is 4.61. The summed E-state index contributed by atoms with van der Waals surface area (Å²) in [6.07, 6.45) is 2.64. The van der Waals surface area contributed by atoms with Crippen molar-refractivity contribution in [2.24, 2.45) is 0 Å². The lowest BCUT2D eigenvalue weighted by molar-refractivity contribution is 0.0901. The number of hydrogen-bond acceptors (Lipinski definition) is 4. The van der Waals surface area contributed by atoms with Crippen LogP contribution in [-0.4, -0.2) is 41.5 Å². The predicted molar refractivity (Wildman–Crippen MR) is 99.6 cm³/mol. The average Bonchev–Trinajstić information content (AvgIpc) is 2.48. The molecule has 4 nitrogen and oxygen atoms in total. The molecule has 1 aliphatic rings. The normalized spacial score (nSPS) is 21.4. The van der Waals surface area contributed by atoms with Crippen molar-refractivity contribution in [2.45, 2.75) is 77.1 Å². The minimum atomic E-state index is -0.503. The zero-order chi connectivity index (χ0) is 17.8. The highest BCUT2D eigenvalue weighted by molar-refractivity contribution is 5.27. The van der Waals surface area contributed by atoms with Gasteiger partial charge in [0.1, 0.15) is 18.5 Å². The van der Waals surface area contributed by atoms with E-state index in [0.717, 1.165) is 25.0 Å². The fourth-order valence-electron chi connectivity index (χ4n) is 3.84. The third-order valence-electron chi connectivity index (χ3n) is 4.61. The Bertz CT molecular complexity index is 495. The van der Waals surface area contributed by atoms with Crippen LogP contribution in [0.2, 0.25) is 0 Å². The maximum Gasteiger partial charge on any atom is 0.119 e. The average molecular weight is 335 g/mol. The molecule has 1 saturated heterocycles. The molecule has 136 valence electrons. The summed E-state index contributed by atoms with van der Waals surface area (Å²) in [7, 11) is 0. The molecule has 1 unspecified atom stereocenters. The van der Waals surface area contributed by atoms with E-state index in [2.05, 4.69) is 57.4 Å². The van der Waals surface area contributed by atoms with Crippen LogP contribution in [0.3, 0.4) is 0 Å². The van der Waals surface area contributed by atoms with Crippen LogP contribution < -0.4 is 15.4 Å². The number of aryl methyl sites for hydroxylation is 1. The van der Waals surface area contributed by atoms with Gasteiger partial charge in [-0.05, 0) is 64.7 Å². The minimum absolute atomic E-state index is 0.113. The lowest BCUT2D eigenvalue weighted by Gasteiger charge is -2.47. The van der Waals surface area contributed by atoms with Crippen LogP contribution >= 0.6 is 0 Å². The molecule has 0 radical (unpaired) electrons. The van der Waals surface area contributed by atoms with E-state index in [-0.39, 0.29) is 11.1 Å². The van der Waals surface area contributed by atoms with Gasteiger partial charge in [0, 0.05) is 23.7 Å². The van der Waals surface area contributed by atoms with Gasteiger partial charge in [-0.3, -0.25) is 0 Å². The van der Waals surface area contributed by atoms with Crippen molar-refractivity contribution in [3.05, 3.63) is 29.8 Å². The molecule has 1 heterocycles. The minimum Gasteiger partial charge on any atom is -0.491 e. The summed E-state index contributed by atoms with van der Waals surface area (Å²) in [6.45, 7) is 12.0. The van der Waals surface area contributed by atoms with Gasteiger partial charge in [0.25, 0.3) is 0 Å². The first kappa shape index (κ1) is 19.2. The van der Waals surface area contributed by atoms with Crippen molar-refractivity contribution in [1.82, 2.24) is 10.6 Å². The largest absolute Gasteiger partial charge is 0.491 e. The number of piperidine rings is 1. The summed E-state index contributed by atoms with van der Waals surface area (Å²) < 4.78 is 5.69. The second-order valence-corrected chi connectivity index (χ2v) is 8.37. The molecule has 2 rings (SSSR count). The van der Waals surface area contributed by atoms with Crippen molar-refractivity contribution in [3.8, 4) is 5.75 Å². The topological polar surface area (TPSA) is 53.5 Å². The highest BCUT2D eigenvalue weighted by Crippen LogP contribution is 2.28. The van der Waals surface area contributed by atoms with E-state index in [0.29, 0.717) is 19.2 Å². The fourth-order valence-corrected chi connectivity index (χ4v) is 3.84. The molecule has 1 aromatic rings. The van der Waals surface area contributed by atoms with Gasteiger partial charge in [-0.1, -0.05) is 19.1 Å². The van der Waals surface area contributed by atoms with Gasteiger partial charge in [0.2, 0.25) is 0 Å². The summed E-state index contributed by atoms with van der Waals surface area (Å²) in [4.78, 5) is 0. The maximum absolute atomic E-state index is 10.2. The lowest BCUT2D eigenvalue weighted by atomic mass is 9.79. The molecular weight excluding hydrogens is 300 g/mol. The van der Waals surface area contributed by atoms with Gasteiger partial charge in [-0.25, -0.2) is 0 Å².